The van der Waals surface area contributed by atoms with Crippen LogP contribution in [0.2, 0.25) is 0 Å². The Morgan fingerprint density at radius 2 is 1.83 bits per heavy atom. The summed E-state index contributed by atoms with van der Waals surface area (Å²) < 4.78 is 0. The first-order valence-electron chi connectivity index (χ1n) is 6.33. The first kappa shape index (κ1) is 13.2. The number of hydrogen-bond donors (Lipinski definition) is 1. The van der Waals surface area contributed by atoms with E-state index in [1.165, 1.54) is 16.0 Å². The second kappa shape index (κ2) is 5.63. The van der Waals surface area contributed by atoms with Crippen LogP contribution in [0.25, 0.3) is 11.3 Å². The Kier molecular flexibility index (Phi) is 4.15. The quantitative estimate of drug-likeness (QED) is 0.901. The highest BCUT2D eigenvalue weighted by Crippen LogP contribution is 2.27. The average molecular weight is 260 g/mol. The first-order valence-corrected chi connectivity index (χ1v) is 7.14. The Labute approximate surface area is 113 Å². The van der Waals surface area contributed by atoms with Gasteiger partial charge in [-0.05, 0) is 13.8 Å². The lowest BCUT2D eigenvalue weighted by molar-refractivity contribution is 0.587. The Hall–Kier alpha value is -1.19. The molecule has 0 aliphatic heterocycles. The third-order valence-corrected chi connectivity index (χ3v) is 3.80. The molecule has 0 fully saturated rings. The molecule has 3 heteroatoms. The number of rotatable bonds is 4. The Bertz CT molecular complexity index is 512. The third-order valence-electron chi connectivity index (χ3n) is 2.83. The minimum atomic E-state index is 0.497. The number of benzene rings is 1. The van der Waals surface area contributed by atoms with E-state index in [4.69, 9.17) is 4.98 Å². The monoisotopic (exact) mass is 260 g/mol. The summed E-state index contributed by atoms with van der Waals surface area (Å²) in [7, 11) is 0. The fourth-order valence-electron chi connectivity index (χ4n) is 1.80. The maximum atomic E-state index is 4.74. The number of thiazole rings is 1. The van der Waals surface area contributed by atoms with Crippen LogP contribution in [0.4, 0.5) is 0 Å². The summed E-state index contributed by atoms with van der Waals surface area (Å²) in [4.78, 5) is 6.03. The molecule has 0 saturated heterocycles. The molecule has 1 heterocycles. The highest BCUT2D eigenvalue weighted by Gasteiger charge is 2.09. The molecular weight excluding hydrogens is 240 g/mol. The normalized spacial score (nSPS) is 11.2. The molecule has 2 nitrogen and oxygen atoms in total. The van der Waals surface area contributed by atoms with Crippen LogP contribution in [0.3, 0.4) is 0 Å². The van der Waals surface area contributed by atoms with Crippen molar-refractivity contribution in [3.63, 3.8) is 0 Å². The maximum absolute atomic E-state index is 4.74. The van der Waals surface area contributed by atoms with Gasteiger partial charge in [0.25, 0.3) is 0 Å². The van der Waals surface area contributed by atoms with Crippen molar-refractivity contribution in [1.82, 2.24) is 10.3 Å². The zero-order chi connectivity index (χ0) is 13.1. The molecule has 0 saturated carbocycles. The molecule has 0 aliphatic rings. The summed E-state index contributed by atoms with van der Waals surface area (Å²) >= 11 is 1.78. The summed E-state index contributed by atoms with van der Waals surface area (Å²) in [5, 5.41) is 4.57. The first-order chi connectivity index (χ1) is 8.56. The largest absolute Gasteiger partial charge is 0.308 e. The van der Waals surface area contributed by atoms with E-state index < -0.39 is 0 Å². The van der Waals surface area contributed by atoms with E-state index in [1.54, 1.807) is 11.3 Å². The Morgan fingerprint density at radius 1 is 1.17 bits per heavy atom. The summed E-state index contributed by atoms with van der Waals surface area (Å²) in [6, 6.07) is 9.08. The number of aromatic nitrogens is 1. The van der Waals surface area contributed by atoms with Crippen LogP contribution in [-0.4, -0.2) is 11.0 Å². The molecule has 0 amide bonds. The summed E-state index contributed by atoms with van der Waals surface area (Å²) in [5.74, 6) is 0. The molecular formula is C15H20N2S. The number of nitrogens with zero attached hydrogens (tertiary/aromatic N) is 1. The maximum Gasteiger partial charge on any atom is 0.107 e. The average Bonchev–Trinajstić information content (AvgIpc) is 2.69. The fourth-order valence-corrected chi connectivity index (χ4v) is 2.70. The van der Waals surface area contributed by atoms with Gasteiger partial charge in [0, 0.05) is 23.0 Å². The van der Waals surface area contributed by atoms with E-state index in [9.17, 15) is 0 Å². The molecule has 18 heavy (non-hydrogen) atoms. The van der Waals surface area contributed by atoms with Gasteiger partial charge < -0.3 is 5.32 Å². The van der Waals surface area contributed by atoms with Crippen molar-refractivity contribution < 1.29 is 0 Å². The van der Waals surface area contributed by atoms with E-state index in [2.05, 4.69) is 57.3 Å². The van der Waals surface area contributed by atoms with Crippen molar-refractivity contribution in [2.75, 3.05) is 0 Å². The predicted molar refractivity (Wildman–Crippen MR) is 79.0 cm³/mol. The number of aryl methyl sites for hydroxylation is 2. The lowest BCUT2D eigenvalue weighted by Gasteiger charge is -2.04. The van der Waals surface area contributed by atoms with Gasteiger partial charge in [0.15, 0.2) is 0 Å². The highest BCUT2D eigenvalue weighted by atomic mass is 32.1. The molecule has 96 valence electrons. The molecule has 1 aromatic carbocycles. The minimum Gasteiger partial charge on any atom is -0.308 e. The van der Waals surface area contributed by atoms with Crippen LogP contribution < -0.4 is 5.32 Å². The summed E-state index contributed by atoms with van der Waals surface area (Å²) in [6.45, 7) is 9.42. The van der Waals surface area contributed by atoms with Gasteiger partial charge >= 0.3 is 0 Å². The molecule has 0 bridgehead atoms. The second-order valence-electron chi connectivity index (χ2n) is 4.91. The van der Waals surface area contributed by atoms with Crippen LogP contribution in [-0.2, 0) is 6.54 Å². The zero-order valence-corrected chi connectivity index (χ0v) is 12.3. The third kappa shape index (κ3) is 3.18. The van der Waals surface area contributed by atoms with Crippen LogP contribution >= 0.6 is 11.3 Å². The van der Waals surface area contributed by atoms with Gasteiger partial charge in [-0.15, -0.1) is 11.3 Å². The van der Waals surface area contributed by atoms with Crippen molar-refractivity contribution in [2.24, 2.45) is 0 Å². The fraction of sp³-hybridized carbons (Fsp3) is 0.400. The molecule has 2 rings (SSSR count). The molecule has 1 N–H and O–H groups in total. The van der Waals surface area contributed by atoms with E-state index in [0.717, 1.165) is 17.2 Å². The molecule has 0 aliphatic carbocycles. The van der Waals surface area contributed by atoms with Gasteiger partial charge in [0.2, 0.25) is 0 Å². The van der Waals surface area contributed by atoms with E-state index in [1.807, 2.05) is 0 Å². The van der Waals surface area contributed by atoms with E-state index in [-0.39, 0.29) is 0 Å². The lowest BCUT2D eigenvalue weighted by Crippen LogP contribution is -2.21. The van der Waals surface area contributed by atoms with Crippen molar-refractivity contribution in [2.45, 2.75) is 40.3 Å². The van der Waals surface area contributed by atoms with Gasteiger partial charge in [-0.2, -0.15) is 0 Å². The van der Waals surface area contributed by atoms with Gasteiger partial charge in [-0.25, -0.2) is 4.98 Å². The molecule has 0 atom stereocenters. The minimum absolute atomic E-state index is 0.497. The second-order valence-corrected chi connectivity index (χ2v) is 6.20. The van der Waals surface area contributed by atoms with Crippen LogP contribution in [0.1, 0.15) is 29.3 Å². The van der Waals surface area contributed by atoms with Crippen molar-refractivity contribution in [3.05, 3.63) is 39.7 Å². The Balaban J connectivity index is 2.21. The van der Waals surface area contributed by atoms with Gasteiger partial charge in [-0.3, -0.25) is 0 Å². The summed E-state index contributed by atoms with van der Waals surface area (Å²) in [6.07, 6.45) is 0. The molecule has 1 aromatic heterocycles. The molecule has 0 spiro atoms. The van der Waals surface area contributed by atoms with Crippen molar-refractivity contribution in [1.29, 1.82) is 0 Å². The number of nitrogens with one attached hydrogen (secondary N) is 1. The van der Waals surface area contributed by atoms with Crippen molar-refractivity contribution >= 4 is 11.3 Å². The standard InChI is InChI=1S/C15H20N2S/c1-10(2)16-9-14-17-15(12(4)18-14)13-7-5-11(3)6-8-13/h5-8,10,16H,9H2,1-4H3. The summed E-state index contributed by atoms with van der Waals surface area (Å²) in [5.41, 5.74) is 3.62. The Morgan fingerprint density at radius 3 is 2.44 bits per heavy atom. The van der Waals surface area contributed by atoms with Gasteiger partial charge in [-0.1, -0.05) is 43.7 Å². The number of hydrogen-bond acceptors (Lipinski definition) is 3. The van der Waals surface area contributed by atoms with Gasteiger partial charge in [0.05, 0.1) is 5.69 Å². The highest BCUT2D eigenvalue weighted by molar-refractivity contribution is 7.12. The van der Waals surface area contributed by atoms with Crippen LogP contribution in [0.15, 0.2) is 24.3 Å². The molecule has 2 aromatic rings. The SMILES string of the molecule is Cc1ccc(-c2nc(CNC(C)C)sc2C)cc1. The smallest absolute Gasteiger partial charge is 0.107 e. The molecule has 0 radical (unpaired) electrons. The topological polar surface area (TPSA) is 24.9 Å². The zero-order valence-electron chi connectivity index (χ0n) is 11.4. The van der Waals surface area contributed by atoms with E-state index in [0.29, 0.717) is 6.04 Å². The lowest BCUT2D eigenvalue weighted by atomic mass is 10.1. The van der Waals surface area contributed by atoms with Crippen LogP contribution in [0, 0.1) is 13.8 Å². The van der Waals surface area contributed by atoms with Gasteiger partial charge in [0.1, 0.15) is 5.01 Å². The predicted octanol–water partition coefficient (Wildman–Crippen LogP) is 3.92. The van der Waals surface area contributed by atoms with E-state index >= 15 is 0 Å². The van der Waals surface area contributed by atoms with Crippen molar-refractivity contribution in [3.8, 4) is 11.3 Å². The molecule has 0 unspecified atom stereocenters. The van der Waals surface area contributed by atoms with Crippen LogP contribution in [0.5, 0.6) is 0 Å².